The number of furan rings is 2. The standard InChI is InChI=1S/C46H31N3S.2C37H23N3O/c1-46(2)37-21-10-8-19-34(37)35-24-23-32(26-38(35)46)45-48-43(28-13-4-3-5-14-28)47-44(49-45)31-17-12-16-30(25-31)41-33-18-7-6-15-29(33)27-40-42(41)36-20-9-11-22-39(36)50-40;1-3-12-24(13-4-1)35-38-36(25-14-5-2-6-15-25)40-37(39-35)27-17-11-16-26(22-27)31-23-33-34(29-19-8-7-18-28(29)31)30-20-9-10-21-32(30)41-33;1-3-11-24(12-4-1)25-19-21-27(22-20-25)36-38-35(26-13-5-2-6-14-26)39-37(40-36)34-29-16-8-7-15-28(29)23-32-33(34)30-17-9-10-18-31(30)41-32/h3-27H,1-2H3;2*1-23H. The molecule has 1 aliphatic rings. The molecule has 25 aromatic rings. The van der Waals surface area contributed by atoms with Crippen LogP contribution in [0.4, 0.5) is 0 Å². The zero-order chi connectivity index (χ0) is 87.7. The first-order valence-electron chi connectivity index (χ1n) is 44.3. The van der Waals surface area contributed by atoms with Gasteiger partial charge in [0.15, 0.2) is 52.4 Å². The molecule has 6 aromatic heterocycles. The fraction of sp³-hybridized carbons (Fsp3) is 0.0250. The predicted molar refractivity (Wildman–Crippen MR) is 542 cm³/mol. The van der Waals surface area contributed by atoms with E-state index < -0.39 is 0 Å². The molecule has 12 heteroatoms. The maximum atomic E-state index is 6.34. The van der Waals surface area contributed by atoms with E-state index in [1.165, 1.54) is 75.1 Å². The summed E-state index contributed by atoms with van der Waals surface area (Å²) in [7, 11) is 0. The zero-order valence-corrected chi connectivity index (χ0v) is 72.6. The van der Waals surface area contributed by atoms with Crippen LogP contribution in [0.1, 0.15) is 25.0 Å². The number of benzene rings is 19. The van der Waals surface area contributed by atoms with Gasteiger partial charge < -0.3 is 8.83 Å². The molecule has 0 saturated carbocycles. The maximum absolute atomic E-state index is 6.34. The fourth-order valence-electron chi connectivity index (χ4n) is 19.0. The average molecular weight is 1710 g/mol. The first-order chi connectivity index (χ1) is 65.2. The van der Waals surface area contributed by atoms with Gasteiger partial charge in [0, 0.05) is 97.2 Å². The Labute approximate surface area is 764 Å². The Morgan fingerprint density at radius 3 is 1.11 bits per heavy atom. The SMILES string of the molecule is CC1(C)c2ccccc2-c2ccc(-c3nc(-c4ccccc4)nc(-c4cccc(-c5c6ccccc6cc6sc7ccccc7c56)c4)n3)cc21.c1ccc(-c2ccc(-c3nc(-c4ccccc4)nc(-c4c5ccccc5cc5oc6ccccc6c45)n3)cc2)cc1.c1ccc(-c2nc(-c3ccccc3)nc(-c3cccc(-c4cc5oc6ccccc6c5c5ccccc45)c3)n2)cc1. The van der Waals surface area contributed by atoms with E-state index in [4.69, 9.17) is 53.7 Å². The van der Waals surface area contributed by atoms with Crippen LogP contribution < -0.4 is 0 Å². The molecular weight excluding hydrogens is 1630 g/mol. The summed E-state index contributed by atoms with van der Waals surface area (Å²) in [4.78, 5) is 45.3. The number of aromatic nitrogens is 9. The lowest BCUT2D eigenvalue weighted by molar-refractivity contribution is 0.660. The Kier molecular flexibility index (Phi) is 19.5. The van der Waals surface area contributed by atoms with Crippen LogP contribution in [0.5, 0.6) is 0 Å². The highest BCUT2D eigenvalue weighted by atomic mass is 32.1. The number of hydrogen-bond donors (Lipinski definition) is 0. The molecule has 0 aliphatic heterocycles. The van der Waals surface area contributed by atoms with E-state index in [-0.39, 0.29) is 5.41 Å². The van der Waals surface area contributed by atoms with E-state index in [0.717, 1.165) is 127 Å². The summed E-state index contributed by atoms with van der Waals surface area (Å²) in [5.41, 5.74) is 24.0. The third-order valence-corrected chi connectivity index (χ3v) is 26.5. The van der Waals surface area contributed by atoms with Crippen LogP contribution in [0.25, 0.3) is 243 Å². The molecular formula is C120H77N9O2S. The van der Waals surface area contributed by atoms with Gasteiger partial charge in [-0.2, -0.15) is 0 Å². The van der Waals surface area contributed by atoms with E-state index >= 15 is 0 Å². The van der Waals surface area contributed by atoms with Crippen molar-refractivity contribution in [1.29, 1.82) is 0 Å². The molecule has 0 fully saturated rings. The number of thiophene rings is 1. The van der Waals surface area contributed by atoms with Gasteiger partial charge in [-0.25, -0.2) is 44.9 Å². The topological polar surface area (TPSA) is 142 Å². The minimum atomic E-state index is -0.121. The summed E-state index contributed by atoms with van der Waals surface area (Å²) >= 11 is 1.86. The van der Waals surface area contributed by atoms with E-state index in [0.29, 0.717) is 52.4 Å². The average Bonchev–Trinajstić information content (AvgIpc) is 1.56. The predicted octanol–water partition coefficient (Wildman–Crippen LogP) is 31.6. The highest BCUT2D eigenvalue weighted by Crippen LogP contribution is 2.51. The molecule has 1 aliphatic carbocycles. The summed E-state index contributed by atoms with van der Waals surface area (Å²) in [6, 6.07) is 149. The molecule has 11 nitrogen and oxygen atoms in total. The van der Waals surface area contributed by atoms with Gasteiger partial charge in [-0.15, -0.1) is 11.3 Å². The Balaban J connectivity index is 0.000000110. The Bertz CT molecular complexity index is 8750. The van der Waals surface area contributed by atoms with Crippen LogP contribution in [0.2, 0.25) is 0 Å². The second kappa shape index (κ2) is 32.9. The van der Waals surface area contributed by atoms with Crippen molar-refractivity contribution >= 4 is 108 Å². The van der Waals surface area contributed by atoms with Crippen molar-refractivity contribution in [3.8, 4) is 147 Å². The van der Waals surface area contributed by atoms with Crippen LogP contribution in [0, 0.1) is 0 Å². The van der Waals surface area contributed by atoms with Crippen molar-refractivity contribution in [2.24, 2.45) is 0 Å². The monoisotopic (exact) mass is 1710 g/mol. The Morgan fingerprint density at radius 2 is 0.545 bits per heavy atom. The number of fused-ring (bicyclic) bond motifs is 16. The lowest BCUT2D eigenvalue weighted by Gasteiger charge is -2.21. The largest absolute Gasteiger partial charge is 0.456 e. The van der Waals surface area contributed by atoms with Crippen molar-refractivity contribution < 1.29 is 8.83 Å². The molecule has 26 rings (SSSR count). The zero-order valence-electron chi connectivity index (χ0n) is 71.7. The van der Waals surface area contributed by atoms with Crippen molar-refractivity contribution in [3.63, 3.8) is 0 Å². The number of hydrogen-bond acceptors (Lipinski definition) is 12. The summed E-state index contributed by atoms with van der Waals surface area (Å²) < 4.78 is 15.3. The van der Waals surface area contributed by atoms with Gasteiger partial charge in [0.1, 0.15) is 22.3 Å². The molecule has 0 unspecified atom stereocenters. The van der Waals surface area contributed by atoms with Gasteiger partial charge >= 0.3 is 0 Å². The normalized spacial score (nSPS) is 12.1. The van der Waals surface area contributed by atoms with Crippen molar-refractivity contribution in [1.82, 2.24) is 44.9 Å². The summed E-state index contributed by atoms with van der Waals surface area (Å²) in [5, 5.41) is 13.9. The van der Waals surface area contributed by atoms with E-state index in [1.807, 2.05) is 163 Å². The summed E-state index contributed by atoms with van der Waals surface area (Å²) in [6.07, 6.45) is 0. The lowest BCUT2D eigenvalue weighted by Crippen LogP contribution is -2.15. The van der Waals surface area contributed by atoms with Crippen LogP contribution in [0.3, 0.4) is 0 Å². The number of nitrogens with zero attached hydrogens (tertiary/aromatic N) is 9. The molecule has 0 bridgehead atoms. The Hall–Kier alpha value is -17.2. The molecule has 0 N–H and O–H groups in total. The van der Waals surface area contributed by atoms with Gasteiger partial charge in [-0.3, -0.25) is 0 Å². The molecule has 0 radical (unpaired) electrons. The van der Waals surface area contributed by atoms with Crippen LogP contribution in [-0.2, 0) is 5.41 Å². The van der Waals surface area contributed by atoms with Crippen molar-refractivity contribution in [3.05, 3.63) is 442 Å². The summed E-state index contributed by atoms with van der Waals surface area (Å²) in [6.45, 7) is 4.62. The van der Waals surface area contributed by atoms with Crippen LogP contribution >= 0.6 is 11.3 Å². The Morgan fingerprint density at radius 1 is 0.189 bits per heavy atom. The van der Waals surface area contributed by atoms with Crippen molar-refractivity contribution in [2.75, 3.05) is 0 Å². The summed E-state index contributed by atoms with van der Waals surface area (Å²) in [5.74, 6) is 5.80. The van der Waals surface area contributed by atoms with Crippen LogP contribution in [0.15, 0.2) is 440 Å². The van der Waals surface area contributed by atoms with Crippen LogP contribution in [-0.4, -0.2) is 44.9 Å². The smallest absolute Gasteiger partial charge is 0.165 e. The van der Waals surface area contributed by atoms with E-state index in [2.05, 4.69) is 293 Å². The molecule has 0 saturated heterocycles. The molecule has 0 spiro atoms. The molecule has 132 heavy (non-hydrogen) atoms. The van der Waals surface area contributed by atoms with Crippen molar-refractivity contribution in [2.45, 2.75) is 19.3 Å². The molecule has 6 heterocycles. The molecule has 0 atom stereocenters. The quantitative estimate of drug-likeness (QED) is 0.115. The second-order valence-electron chi connectivity index (χ2n) is 33.7. The highest BCUT2D eigenvalue weighted by Gasteiger charge is 2.36. The first kappa shape index (κ1) is 78.3. The minimum Gasteiger partial charge on any atom is -0.456 e. The van der Waals surface area contributed by atoms with Gasteiger partial charge in [0.05, 0.1) is 0 Å². The van der Waals surface area contributed by atoms with Gasteiger partial charge in [0.2, 0.25) is 0 Å². The fourth-order valence-corrected chi connectivity index (χ4v) is 20.2. The van der Waals surface area contributed by atoms with Gasteiger partial charge in [-0.05, 0) is 143 Å². The second-order valence-corrected chi connectivity index (χ2v) is 34.8. The lowest BCUT2D eigenvalue weighted by atomic mass is 9.82. The first-order valence-corrected chi connectivity index (χ1v) is 45.1. The maximum Gasteiger partial charge on any atom is 0.165 e. The molecule has 620 valence electrons. The molecule has 0 amide bonds. The van der Waals surface area contributed by atoms with E-state index in [9.17, 15) is 0 Å². The highest BCUT2D eigenvalue weighted by molar-refractivity contribution is 7.26. The number of para-hydroxylation sites is 2. The molecule has 19 aromatic carbocycles. The van der Waals surface area contributed by atoms with Gasteiger partial charge in [0.25, 0.3) is 0 Å². The minimum absolute atomic E-state index is 0.121. The van der Waals surface area contributed by atoms with E-state index in [1.54, 1.807) is 0 Å². The number of rotatable bonds is 12. The third kappa shape index (κ3) is 14.2. The third-order valence-electron chi connectivity index (χ3n) is 25.4. The van der Waals surface area contributed by atoms with Gasteiger partial charge in [-0.1, -0.05) is 390 Å².